The predicted molar refractivity (Wildman–Crippen MR) is 147 cm³/mol. The number of carbonyl (C=O) groups is 1. The molecule has 0 saturated carbocycles. The Morgan fingerprint density at radius 2 is 1.50 bits per heavy atom. The van der Waals surface area contributed by atoms with Crippen molar-refractivity contribution in [2.75, 3.05) is 21.5 Å². The highest BCUT2D eigenvalue weighted by Gasteiger charge is 2.18. The highest BCUT2D eigenvalue weighted by molar-refractivity contribution is 9.10. The molecule has 5 rings (SSSR count). The first-order valence-corrected chi connectivity index (χ1v) is 13.8. The molecule has 8 heteroatoms. The summed E-state index contributed by atoms with van der Waals surface area (Å²) in [6.07, 6.45) is 1.05. The third-order valence-corrected chi connectivity index (χ3v) is 8.02. The third-order valence-electron chi connectivity index (χ3n) is 6.09. The highest BCUT2D eigenvalue weighted by atomic mass is 79.9. The lowest BCUT2D eigenvalue weighted by Crippen LogP contribution is -2.19. The number of carbonyl (C=O) groups excluding carboxylic acids is 1. The van der Waals surface area contributed by atoms with E-state index in [1.807, 2.05) is 24.3 Å². The van der Waals surface area contributed by atoms with Crippen molar-refractivity contribution in [3.8, 4) is 0 Å². The van der Waals surface area contributed by atoms with Gasteiger partial charge in [0.1, 0.15) is 0 Å². The predicted octanol–water partition coefficient (Wildman–Crippen LogP) is 6.06. The lowest BCUT2D eigenvalue weighted by molar-refractivity contribution is 0.102. The largest absolute Gasteiger partial charge is 0.367 e. The molecule has 2 N–H and O–H groups in total. The number of benzene rings is 4. The summed E-state index contributed by atoms with van der Waals surface area (Å²) >= 11 is 3.33. The molecule has 0 spiro atoms. The standard InChI is InChI=1S/C28H24BrN3O3S/c29-23-9-11-25(12-10-23)31-36(34,35)26-15-13-24(14-16-26)30-28(33)22-7-5-20(6-8-22)19-32-18-17-21-3-1-2-4-27(21)32/h1-16,31H,17-19H2,(H,30,33). The minimum Gasteiger partial charge on any atom is -0.367 e. The van der Waals surface area contributed by atoms with E-state index >= 15 is 0 Å². The quantitative estimate of drug-likeness (QED) is 0.287. The van der Waals surface area contributed by atoms with Crippen LogP contribution in [-0.2, 0) is 23.0 Å². The number of rotatable bonds is 7. The van der Waals surface area contributed by atoms with E-state index in [1.54, 1.807) is 36.4 Å². The Morgan fingerprint density at radius 1 is 0.833 bits per heavy atom. The molecule has 1 heterocycles. The number of para-hydroxylation sites is 1. The molecular formula is C28H24BrN3O3S. The molecule has 0 unspecified atom stereocenters. The van der Waals surface area contributed by atoms with Gasteiger partial charge in [-0.05, 0) is 84.3 Å². The van der Waals surface area contributed by atoms with Crippen molar-refractivity contribution in [1.82, 2.24) is 0 Å². The lowest BCUT2D eigenvalue weighted by Gasteiger charge is -2.19. The van der Waals surface area contributed by atoms with E-state index in [2.05, 4.69) is 55.1 Å². The van der Waals surface area contributed by atoms with Gasteiger partial charge >= 0.3 is 0 Å². The number of anilines is 3. The van der Waals surface area contributed by atoms with Crippen LogP contribution in [-0.4, -0.2) is 20.9 Å². The number of halogens is 1. The van der Waals surface area contributed by atoms with Gasteiger partial charge in [-0.1, -0.05) is 46.3 Å². The number of hydrogen-bond acceptors (Lipinski definition) is 4. The maximum absolute atomic E-state index is 12.7. The van der Waals surface area contributed by atoms with Gasteiger partial charge in [0.25, 0.3) is 15.9 Å². The molecule has 1 aliphatic heterocycles. The minimum atomic E-state index is -3.74. The molecule has 0 aromatic heterocycles. The molecule has 36 heavy (non-hydrogen) atoms. The van der Waals surface area contributed by atoms with Gasteiger partial charge in [0.2, 0.25) is 0 Å². The average molecular weight is 562 g/mol. The molecule has 1 aliphatic rings. The van der Waals surface area contributed by atoms with Gasteiger partial charge in [-0.15, -0.1) is 0 Å². The second-order valence-corrected chi connectivity index (χ2v) is 11.2. The van der Waals surface area contributed by atoms with Crippen molar-refractivity contribution in [2.45, 2.75) is 17.9 Å². The molecule has 0 saturated heterocycles. The summed E-state index contributed by atoms with van der Waals surface area (Å²) in [5, 5.41) is 2.83. The SMILES string of the molecule is O=C(Nc1ccc(S(=O)(=O)Nc2ccc(Br)cc2)cc1)c1ccc(CN2CCc3ccccc32)cc1. The first-order chi connectivity index (χ1) is 17.4. The highest BCUT2D eigenvalue weighted by Crippen LogP contribution is 2.29. The van der Waals surface area contributed by atoms with Gasteiger partial charge < -0.3 is 10.2 Å². The van der Waals surface area contributed by atoms with Gasteiger partial charge in [0, 0.05) is 40.2 Å². The van der Waals surface area contributed by atoms with Crippen molar-refractivity contribution in [1.29, 1.82) is 0 Å². The Labute approximate surface area is 219 Å². The van der Waals surface area contributed by atoms with E-state index in [0.29, 0.717) is 16.9 Å². The second-order valence-electron chi connectivity index (χ2n) is 8.59. The summed E-state index contributed by atoms with van der Waals surface area (Å²) in [7, 11) is -3.74. The van der Waals surface area contributed by atoms with Crippen molar-refractivity contribution in [3.05, 3.63) is 118 Å². The summed E-state index contributed by atoms with van der Waals surface area (Å²) in [5.41, 5.74) is 5.30. The molecular weight excluding hydrogens is 538 g/mol. The van der Waals surface area contributed by atoms with E-state index in [-0.39, 0.29) is 10.8 Å². The first kappa shape index (κ1) is 24.1. The smallest absolute Gasteiger partial charge is 0.261 e. The van der Waals surface area contributed by atoms with Gasteiger partial charge in [-0.2, -0.15) is 0 Å². The van der Waals surface area contributed by atoms with Crippen LogP contribution in [0.15, 0.2) is 106 Å². The maximum Gasteiger partial charge on any atom is 0.261 e. The van der Waals surface area contributed by atoms with Crippen LogP contribution in [0.1, 0.15) is 21.5 Å². The zero-order valence-corrected chi connectivity index (χ0v) is 21.7. The number of sulfonamides is 1. The zero-order valence-electron chi connectivity index (χ0n) is 19.3. The van der Waals surface area contributed by atoms with Gasteiger partial charge in [-0.3, -0.25) is 9.52 Å². The van der Waals surface area contributed by atoms with Crippen LogP contribution >= 0.6 is 15.9 Å². The van der Waals surface area contributed by atoms with Crippen molar-refractivity contribution in [2.24, 2.45) is 0 Å². The minimum absolute atomic E-state index is 0.108. The van der Waals surface area contributed by atoms with Crippen molar-refractivity contribution in [3.63, 3.8) is 0 Å². The summed E-state index contributed by atoms with van der Waals surface area (Å²) in [6, 6.07) is 29.0. The number of nitrogens with one attached hydrogen (secondary N) is 2. The molecule has 6 nitrogen and oxygen atoms in total. The fourth-order valence-electron chi connectivity index (χ4n) is 4.21. The van der Waals surface area contributed by atoms with Gasteiger partial charge in [0.05, 0.1) is 4.90 Å². The summed E-state index contributed by atoms with van der Waals surface area (Å²) in [4.78, 5) is 15.2. The van der Waals surface area contributed by atoms with Crippen LogP contribution in [0.2, 0.25) is 0 Å². The molecule has 0 aliphatic carbocycles. The van der Waals surface area contributed by atoms with Crippen LogP contribution in [0.3, 0.4) is 0 Å². The number of fused-ring (bicyclic) bond motifs is 1. The molecule has 0 radical (unpaired) electrons. The van der Waals surface area contributed by atoms with E-state index in [1.165, 1.54) is 23.4 Å². The van der Waals surface area contributed by atoms with E-state index in [9.17, 15) is 13.2 Å². The van der Waals surface area contributed by atoms with Gasteiger partial charge in [-0.25, -0.2) is 8.42 Å². The summed E-state index contributed by atoms with van der Waals surface area (Å²) in [5.74, 6) is -0.253. The number of amides is 1. The maximum atomic E-state index is 12.7. The number of nitrogens with zero attached hydrogens (tertiary/aromatic N) is 1. The first-order valence-electron chi connectivity index (χ1n) is 11.5. The topological polar surface area (TPSA) is 78.5 Å². The van der Waals surface area contributed by atoms with Crippen molar-refractivity contribution >= 4 is 48.9 Å². The second kappa shape index (κ2) is 10.2. The molecule has 0 bridgehead atoms. The molecule has 1 amide bonds. The Hall–Kier alpha value is -3.62. The normalized spacial score (nSPS) is 12.8. The summed E-state index contributed by atoms with van der Waals surface area (Å²) in [6.45, 7) is 1.79. The third kappa shape index (κ3) is 5.45. The molecule has 4 aromatic carbocycles. The Balaban J connectivity index is 1.20. The van der Waals surface area contributed by atoms with Crippen LogP contribution in [0, 0.1) is 0 Å². The van der Waals surface area contributed by atoms with Crippen LogP contribution in [0.4, 0.5) is 17.1 Å². The van der Waals surface area contributed by atoms with E-state index in [0.717, 1.165) is 29.5 Å². The lowest BCUT2D eigenvalue weighted by atomic mass is 10.1. The van der Waals surface area contributed by atoms with E-state index < -0.39 is 10.0 Å². The van der Waals surface area contributed by atoms with Crippen LogP contribution < -0.4 is 14.9 Å². The molecule has 4 aromatic rings. The average Bonchev–Trinajstić information content (AvgIpc) is 3.29. The number of hydrogen-bond donors (Lipinski definition) is 2. The fourth-order valence-corrected chi connectivity index (χ4v) is 5.53. The molecule has 182 valence electrons. The Morgan fingerprint density at radius 3 is 2.22 bits per heavy atom. The van der Waals surface area contributed by atoms with Gasteiger partial charge in [0.15, 0.2) is 0 Å². The Bertz CT molecular complexity index is 1490. The van der Waals surface area contributed by atoms with E-state index in [4.69, 9.17) is 0 Å². The monoisotopic (exact) mass is 561 g/mol. The van der Waals surface area contributed by atoms with Crippen molar-refractivity contribution < 1.29 is 13.2 Å². The molecule has 0 atom stereocenters. The Kier molecular flexibility index (Phi) is 6.80. The summed E-state index contributed by atoms with van der Waals surface area (Å²) < 4.78 is 28.7. The molecule has 0 fully saturated rings. The van der Waals surface area contributed by atoms with Crippen LogP contribution in [0.25, 0.3) is 0 Å². The van der Waals surface area contributed by atoms with Crippen LogP contribution in [0.5, 0.6) is 0 Å². The fraction of sp³-hybridized carbons (Fsp3) is 0.107. The zero-order chi connectivity index (χ0) is 25.1.